The minimum Gasteiger partial charge on any atom is -0.481 e. The molecule has 0 radical (unpaired) electrons. The highest BCUT2D eigenvalue weighted by Gasteiger charge is 2.09. The van der Waals surface area contributed by atoms with Gasteiger partial charge >= 0.3 is 5.97 Å². The molecule has 0 aliphatic rings. The molecule has 0 saturated heterocycles. The van der Waals surface area contributed by atoms with Gasteiger partial charge in [0.15, 0.2) is 0 Å². The number of carboxylic acid groups (broad SMARTS) is 1. The summed E-state index contributed by atoms with van der Waals surface area (Å²) in [6.45, 7) is 0.570. The molecule has 1 rings (SSSR count). The Bertz CT molecular complexity index is 457. The molecule has 1 amide bonds. The zero-order chi connectivity index (χ0) is 15.7. The van der Waals surface area contributed by atoms with Gasteiger partial charge in [-0.1, -0.05) is 0 Å². The first kappa shape index (κ1) is 16.9. The molecule has 1 aromatic rings. The van der Waals surface area contributed by atoms with Crippen LogP contribution in [0.2, 0.25) is 0 Å². The minimum absolute atomic E-state index is 0.0602. The third-order valence-corrected chi connectivity index (χ3v) is 2.66. The van der Waals surface area contributed by atoms with Crippen molar-refractivity contribution >= 4 is 23.4 Å². The van der Waals surface area contributed by atoms with E-state index >= 15 is 0 Å². The number of nitrogens with one attached hydrogen (secondary N) is 1. The smallest absolute Gasteiger partial charge is 0.303 e. The highest BCUT2D eigenvalue weighted by atomic mass is 16.4. The fourth-order valence-electron chi connectivity index (χ4n) is 1.67. The SMILES string of the molecule is O=C(O)CCC(=O)Nc1ccc(N(CCO)CCO)nc1. The van der Waals surface area contributed by atoms with Crippen LogP contribution < -0.4 is 10.2 Å². The Morgan fingerprint density at radius 2 is 1.81 bits per heavy atom. The average molecular weight is 297 g/mol. The molecule has 21 heavy (non-hydrogen) atoms. The number of carbonyl (C=O) groups is 2. The van der Waals surface area contributed by atoms with Crippen molar-refractivity contribution in [2.45, 2.75) is 12.8 Å². The second-order valence-electron chi connectivity index (χ2n) is 4.28. The van der Waals surface area contributed by atoms with Gasteiger partial charge in [-0.2, -0.15) is 0 Å². The molecule has 0 fully saturated rings. The predicted octanol–water partition coefficient (Wildman–Crippen LogP) is -0.324. The summed E-state index contributed by atoms with van der Waals surface area (Å²) >= 11 is 0. The van der Waals surface area contributed by atoms with E-state index < -0.39 is 11.9 Å². The van der Waals surface area contributed by atoms with E-state index in [1.54, 1.807) is 17.0 Å². The molecule has 1 heterocycles. The quantitative estimate of drug-likeness (QED) is 0.492. The number of rotatable bonds is 9. The van der Waals surface area contributed by atoms with Gasteiger partial charge in [0.25, 0.3) is 0 Å². The standard InChI is InChI=1S/C13H19N3O5/c17-7-5-16(6-8-18)11-2-1-10(9-14-11)15-12(19)3-4-13(20)21/h1-2,9,17-18H,3-8H2,(H,15,19)(H,20,21). The zero-order valence-corrected chi connectivity index (χ0v) is 11.5. The van der Waals surface area contributed by atoms with Gasteiger partial charge < -0.3 is 25.5 Å². The molecular weight excluding hydrogens is 278 g/mol. The summed E-state index contributed by atoms with van der Waals surface area (Å²) in [7, 11) is 0. The maximum atomic E-state index is 11.5. The maximum Gasteiger partial charge on any atom is 0.303 e. The van der Waals surface area contributed by atoms with Crippen LogP contribution in [-0.4, -0.2) is 58.5 Å². The largest absolute Gasteiger partial charge is 0.481 e. The van der Waals surface area contributed by atoms with Crippen LogP contribution in [-0.2, 0) is 9.59 Å². The summed E-state index contributed by atoms with van der Waals surface area (Å²) in [5.74, 6) is -0.849. The van der Waals surface area contributed by atoms with E-state index in [0.717, 1.165) is 0 Å². The van der Waals surface area contributed by atoms with Crippen molar-refractivity contribution in [2.24, 2.45) is 0 Å². The lowest BCUT2D eigenvalue weighted by molar-refractivity contribution is -0.138. The number of amides is 1. The summed E-state index contributed by atoms with van der Waals surface area (Å²) in [4.78, 5) is 27.7. The van der Waals surface area contributed by atoms with E-state index in [9.17, 15) is 9.59 Å². The van der Waals surface area contributed by atoms with Crippen molar-refractivity contribution in [1.29, 1.82) is 0 Å². The van der Waals surface area contributed by atoms with E-state index in [-0.39, 0.29) is 26.1 Å². The van der Waals surface area contributed by atoms with E-state index in [0.29, 0.717) is 24.6 Å². The van der Waals surface area contributed by atoms with E-state index in [2.05, 4.69) is 10.3 Å². The van der Waals surface area contributed by atoms with Gasteiger partial charge in [0, 0.05) is 19.5 Å². The van der Waals surface area contributed by atoms with Gasteiger partial charge in [0.1, 0.15) is 5.82 Å². The number of aromatic nitrogens is 1. The van der Waals surface area contributed by atoms with Crippen molar-refractivity contribution in [3.63, 3.8) is 0 Å². The van der Waals surface area contributed by atoms with Gasteiger partial charge in [-0.25, -0.2) is 4.98 Å². The number of nitrogens with zero attached hydrogens (tertiary/aromatic N) is 2. The molecular formula is C13H19N3O5. The first-order valence-electron chi connectivity index (χ1n) is 6.51. The number of carboxylic acids is 1. The summed E-state index contributed by atoms with van der Waals surface area (Å²) in [5, 5.41) is 28.9. The number of anilines is 2. The minimum atomic E-state index is -1.03. The monoisotopic (exact) mass is 297 g/mol. The zero-order valence-electron chi connectivity index (χ0n) is 11.5. The molecule has 0 saturated carbocycles. The highest BCUT2D eigenvalue weighted by Crippen LogP contribution is 2.14. The number of hydrogen-bond donors (Lipinski definition) is 4. The lowest BCUT2D eigenvalue weighted by atomic mass is 10.3. The topological polar surface area (TPSA) is 123 Å². The Kier molecular flexibility index (Phi) is 7.13. The molecule has 8 nitrogen and oxygen atoms in total. The summed E-state index contributed by atoms with van der Waals surface area (Å²) < 4.78 is 0. The Labute approximate surface area is 122 Å². The number of aliphatic hydroxyl groups excluding tert-OH is 2. The molecule has 8 heteroatoms. The summed E-state index contributed by atoms with van der Waals surface area (Å²) in [6.07, 6.45) is 1.12. The molecule has 0 atom stereocenters. The van der Waals surface area contributed by atoms with Crippen LogP contribution in [0.3, 0.4) is 0 Å². The number of aliphatic carboxylic acids is 1. The van der Waals surface area contributed by atoms with Crippen LogP contribution in [0, 0.1) is 0 Å². The van der Waals surface area contributed by atoms with Crippen molar-refractivity contribution in [1.82, 2.24) is 4.98 Å². The lowest BCUT2D eigenvalue weighted by Gasteiger charge is -2.21. The first-order chi connectivity index (χ1) is 10.1. The van der Waals surface area contributed by atoms with E-state index in [4.69, 9.17) is 15.3 Å². The summed E-state index contributed by atoms with van der Waals surface area (Å²) in [6, 6.07) is 3.28. The van der Waals surface area contributed by atoms with Gasteiger partial charge in [-0.15, -0.1) is 0 Å². The van der Waals surface area contributed by atoms with Crippen LogP contribution >= 0.6 is 0 Å². The molecule has 0 aromatic carbocycles. The Morgan fingerprint density at radius 1 is 1.14 bits per heavy atom. The summed E-state index contributed by atoms with van der Waals surface area (Å²) in [5.41, 5.74) is 0.460. The van der Waals surface area contributed by atoms with E-state index in [1.165, 1.54) is 6.20 Å². The number of aliphatic hydroxyl groups is 2. The molecule has 0 aliphatic heterocycles. The fraction of sp³-hybridized carbons (Fsp3) is 0.462. The molecule has 116 valence electrons. The molecule has 1 aromatic heterocycles. The second-order valence-corrected chi connectivity index (χ2v) is 4.28. The highest BCUT2D eigenvalue weighted by molar-refractivity contribution is 5.92. The van der Waals surface area contributed by atoms with E-state index in [1.807, 2.05) is 0 Å². The Hall–Kier alpha value is -2.19. The maximum absolute atomic E-state index is 11.5. The Morgan fingerprint density at radius 3 is 2.29 bits per heavy atom. The van der Waals surface area contributed by atoms with Crippen molar-refractivity contribution < 1.29 is 24.9 Å². The second kappa shape index (κ2) is 8.88. The molecule has 0 spiro atoms. The van der Waals surface area contributed by atoms with Crippen LogP contribution in [0.25, 0.3) is 0 Å². The number of pyridine rings is 1. The van der Waals surface area contributed by atoms with Crippen molar-refractivity contribution in [3.8, 4) is 0 Å². The fourth-order valence-corrected chi connectivity index (χ4v) is 1.67. The van der Waals surface area contributed by atoms with Gasteiger partial charge in [0.05, 0.1) is 31.5 Å². The normalized spacial score (nSPS) is 10.2. The molecule has 4 N–H and O–H groups in total. The average Bonchev–Trinajstić information content (AvgIpc) is 2.46. The molecule has 0 bridgehead atoms. The van der Waals surface area contributed by atoms with Gasteiger partial charge in [-0.3, -0.25) is 9.59 Å². The van der Waals surface area contributed by atoms with Gasteiger partial charge in [-0.05, 0) is 12.1 Å². The lowest BCUT2D eigenvalue weighted by Crippen LogP contribution is -2.30. The Balaban J connectivity index is 2.60. The van der Waals surface area contributed by atoms with Crippen LogP contribution in [0.5, 0.6) is 0 Å². The third kappa shape index (κ3) is 6.19. The van der Waals surface area contributed by atoms with Crippen LogP contribution in [0.15, 0.2) is 18.3 Å². The van der Waals surface area contributed by atoms with Gasteiger partial charge in [0.2, 0.25) is 5.91 Å². The third-order valence-electron chi connectivity index (χ3n) is 2.66. The van der Waals surface area contributed by atoms with Crippen LogP contribution in [0.4, 0.5) is 11.5 Å². The molecule has 0 aliphatic carbocycles. The number of hydrogen-bond acceptors (Lipinski definition) is 6. The first-order valence-corrected chi connectivity index (χ1v) is 6.51. The number of carbonyl (C=O) groups excluding carboxylic acids is 1. The van der Waals surface area contributed by atoms with Crippen molar-refractivity contribution in [3.05, 3.63) is 18.3 Å². The molecule has 0 unspecified atom stereocenters. The predicted molar refractivity (Wildman–Crippen MR) is 76.1 cm³/mol. The van der Waals surface area contributed by atoms with Crippen LogP contribution in [0.1, 0.15) is 12.8 Å². The van der Waals surface area contributed by atoms with Crippen molar-refractivity contribution in [2.75, 3.05) is 36.5 Å².